The zero-order valence-electron chi connectivity index (χ0n) is 35.5. The highest BCUT2D eigenvalue weighted by Gasteiger charge is 2.90. The summed E-state index contributed by atoms with van der Waals surface area (Å²) in [5.74, 6) is -6.93. The Bertz CT molecular complexity index is 2160. The highest BCUT2D eigenvalue weighted by molar-refractivity contribution is 8.14. The number of nitrogens with one attached hydrogen (secondary N) is 1. The Morgan fingerprint density at radius 1 is 0.951 bits per heavy atom. The number of furan rings is 1. The van der Waals surface area contributed by atoms with Crippen LogP contribution in [0.5, 0.6) is 0 Å². The van der Waals surface area contributed by atoms with E-state index in [0.717, 1.165) is 18.7 Å². The molecule has 17 heteroatoms. The third-order valence-corrected chi connectivity index (χ3v) is 14.4. The second kappa shape index (κ2) is 15.1. The van der Waals surface area contributed by atoms with Gasteiger partial charge in [-0.1, -0.05) is 64.6 Å². The molecule has 1 amide bonds. The van der Waals surface area contributed by atoms with Crippen LogP contribution in [0.25, 0.3) is 0 Å². The minimum atomic E-state index is -2.39. The van der Waals surface area contributed by atoms with Gasteiger partial charge in [0.25, 0.3) is 5.24 Å². The molecule has 4 aliphatic carbocycles. The monoisotopic (exact) mass is 867 g/mol. The van der Waals surface area contributed by atoms with E-state index >= 15 is 4.79 Å². The van der Waals surface area contributed by atoms with Crippen molar-refractivity contribution >= 4 is 46.7 Å². The van der Waals surface area contributed by atoms with Gasteiger partial charge in [0, 0.05) is 36.3 Å². The summed E-state index contributed by atoms with van der Waals surface area (Å²) in [6.07, 6.45) is -7.85. The lowest BCUT2D eigenvalue weighted by molar-refractivity contribution is -0.355. The summed E-state index contributed by atoms with van der Waals surface area (Å²) in [4.78, 5) is 83.3. The second-order valence-corrected chi connectivity index (χ2v) is 20.4. The Balaban J connectivity index is 1.40. The van der Waals surface area contributed by atoms with Gasteiger partial charge in [-0.15, -0.1) is 0 Å². The van der Waals surface area contributed by atoms with E-state index in [1.54, 1.807) is 52.8 Å². The summed E-state index contributed by atoms with van der Waals surface area (Å²) in [5, 5.41) is 39.7. The molecule has 4 N–H and O–H groups in total. The molecule has 2 bridgehead atoms. The van der Waals surface area contributed by atoms with Crippen molar-refractivity contribution in [2.75, 3.05) is 6.61 Å². The quantitative estimate of drug-likeness (QED) is 0.158. The number of aliphatic hydroxyl groups excluding tert-OH is 2. The van der Waals surface area contributed by atoms with Crippen molar-refractivity contribution in [1.29, 1.82) is 0 Å². The van der Waals surface area contributed by atoms with Crippen molar-refractivity contribution in [2.24, 2.45) is 22.7 Å². The molecule has 1 aliphatic heterocycles. The number of amides is 1. The number of hydrogen-bond donors (Lipinski definition) is 4. The van der Waals surface area contributed by atoms with E-state index in [-0.39, 0.29) is 35.5 Å². The van der Waals surface area contributed by atoms with Gasteiger partial charge in [0.15, 0.2) is 23.6 Å². The summed E-state index contributed by atoms with van der Waals surface area (Å²) >= 11 is 0.922. The maximum atomic E-state index is 15.6. The van der Waals surface area contributed by atoms with Gasteiger partial charge in [-0.3, -0.25) is 19.2 Å². The first-order chi connectivity index (χ1) is 28.4. The number of thioether (sulfide) groups is 1. The van der Waals surface area contributed by atoms with Gasteiger partial charge in [0.1, 0.15) is 35.2 Å². The number of rotatable bonds is 9. The fraction of sp³-hybridized carbons (Fsp3) is 0.591. The van der Waals surface area contributed by atoms with Crippen LogP contribution in [-0.4, -0.2) is 109 Å². The van der Waals surface area contributed by atoms with E-state index in [1.165, 1.54) is 51.3 Å². The topological polar surface area (TPSA) is 234 Å². The first-order valence-electron chi connectivity index (χ1n) is 20.2. The van der Waals surface area contributed by atoms with Crippen molar-refractivity contribution in [1.82, 2.24) is 5.32 Å². The van der Waals surface area contributed by atoms with Crippen LogP contribution in [0.2, 0.25) is 0 Å². The van der Waals surface area contributed by atoms with Crippen LogP contribution in [0.1, 0.15) is 97.3 Å². The van der Waals surface area contributed by atoms with E-state index in [2.05, 4.69) is 5.32 Å². The van der Waals surface area contributed by atoms with Gasteiger partial charge < -0.3 is 48.7 Å². The highest BCUT2D eigenvalue weighted by Crippen LogP contribution is 2.76. The molecule has 2 aromatic rings. The summed E-state index contributed by atoms with van der Waals surface area (Å²) in [6.45, 7) is 13.5. The van der Waals surface area contributed by atoms with Crippen molar-refractivity contribution in [3.63, 3.8) is 0 Å². The molecule has 1 aromatic carbocycles. The van der Waals surface area contributed by atoms with E-state index in [4.69, 9.17) is 28.1 Å². The largest absolute Gasteiger partial charge is 0.467 e. The fourth-order valence-electron chi connectivity index (χ4n) is 10.6. The summed E-state index contributed by atoms with van der Waals surface area (Å²) < 4.78 is 35.6. The Hall–Kier alpha value is -4.55. The fourth-order valence-corrected chi connectivity index (χ4v) is 11.3. The Morgan fingerprint density at radius 2 is 1.62 bits per heavy atom. The third kappa shape index (κ3) is 6.91. The molecule has 3 saturated carbocycles. The number of esters is 4. The Labute approximate surface area is 357 Å². The molecule has 0 radical (unpaired) electrons. The predicted molar refractivity (Wildman–Crippen MR) is 214 cm³/mol. The number of carbonyl (C=O) groups excluding carboxylic acids is 6. The van der Waals surface area contributed by atoms with Crippen LogP contribution < -0.4 is 5.32 Å². The van der Waals surface area contributed by atoms with Crippen LogP contribution in [0, 0.1) is 22.7 Å². The van der Waals surface area contributed by atoms with E-state index in [0.29, 0.717) is 0 Å². The number of carbonyl (C=O) groups is 6. The first-order valence-corrected chi connectivity index (χ1v) is 21.0. The Morgan fingerprint density at radius 3 is 2.18 bits per heavy atom. The summed E-state index contributed by atoms with van der Waals surface area (Å²) in [5.41, 5.74) is -8.94. The van der Waals surface area contributed by atoms with Crippen LogP contribution in [0.4, 0.5) is 4.79 Å². The van der Waals surface area contributed by atoms with Crippen molar-refractivity contribution < 1.29 is 72.2 Å². The SMILES string of the molecule is CC(=O)O[C@H]1C(=O)[C@]2(C)[C@@H](O)C3CC34OC[C@@]4(OC(C)=O)[C@H]2[C@H](OC(=O)c2ccccc2)[C@]2(O)C[C@H](OC(=O)[C@H](O)[C@@H](NC(=O)SC(C)(C)C)c3ccco3)C(C)=C1C2(C)C. The van der Waals surface area contributed by atoms with E-state index in [1.807, 2.05) is 0 Å². The maximum Gasteiger partial charge on any atom is 0.338 e. The average molecular weight is 868 g/mol. The van der Waals surface area contributed by atoms with Gasteiger partial charge in [-0.05, 0) is 55.7 Å². The van der Waals surface area contributed by atoms with Gasteiger partial charge in [0.2, 0.25) is 0 Å². The molecule has 5 aliphatic rings. The molecule has 330 valence electrons. The van der Waals surface area contributed by atoms with Crippen molar-refractivity contribution in [3.8, 4) is 0 Å². The molecule has 61 heavy (non-hydrogen) atoms. The van der Waals surface area contributed by atoms with Crippen LogP contribution >= 0.6 is 11.8 Å². The minimum absolute atomic E-state index is 0.00197. The zero-order chi connectivity index (χ0) is 44.8. The molecule has 1 saturated heterocycles. The molecule has 2 unspecified atom stereocenters. The Kier molecular flexibility index (Phi) is 11.0. The molecule has 1 aromatic heterocycles. The molecule has 7 rings (SSSR count). The highest BCUT2D eigenvalue weighted by atomic mass is 32.2. The number of fused-ring (bicyclic) bond motifs is 4. The van der Waals surface area contributed by atoms with E-state index in [9.17, 15) is 39.3 Å². The lowest BCUT2D eigenvalue weighted by atomic mass is 9.44. The van der Waals surface area contributed by atoms with Crippen LogP contribution in [0.3, 0.4) is 0 Å². The molecular formula is C44H53NO15S. The standard InChI is InChI=1S/C44H53NO15S/c1-21-27(58-37(52)30(48)29(26-16-13-17-55-26)45-38(53)61-39(4,5)6)19-42(54)35(59-36(51)24-14-11-10-12-15-24)32-41(9,34(50)31(57-22(2)46)28(21)40(42,7)8)33(49)25-18-43(25)44(32,20-56-43)60-23(3)47/h10-17,25,27,29-33,35,48-49,54H,18-20H2,1-9H3,(H,45,53)/t25?,27-,29-,30+,31+,32-,33-,35-,41-,42+,43?,44+/m0/s1. The molecule has 1 spiro atoms. The lowest BCUT2D eigenvalue weighted by Gasteiger charge is -2.67. The number of Topliss-reactive ketones (excluding diaryl/α,β-unsaturated/α-hetero) is 1. The maximum absolute atomic E-state index is 15.6. The lowest BCUT2D eigenvalue weighted by Crippen LogP contribution is -2.83. The molecule has 12 atom stereocenters. The second-order valence-electron chi connectivity index (χ2n) is 18.6. The number of hydrogen-bond acceptors (Lipinski definition) is 16. The van der Waals surface area contributed by atoms with Crippen molar-refractivity contribution in [2.45, 2.75) is 133 Å². The number of ether oxygens (including phenoxy) is 5. The van der Waals surface area contributed by atoms with Gasteiger partial charge in [-0.25, -0.2) is 9.59 Å². The summed E-state index contributed by atoms with van der Waals surface area (Å²) in [7, 11) is 0. The van der Waals surface area contributed by atoms with E-state index < -0.39 is 122 Å². The number of ketones is 1. The van der Waals surface area contributed by atoms with Crippen LogP contribution in [-0.2, 0) is 42.9 Å². The van der Waals surface area contributed by atoms with Gasteiger partial charge in [-0.2, -0.15) is 0 Å². The number of benzene rings is 1. The summed E-state index contributed by atoms with van der Waals surface area (Å²) in [6, 6.07) is 9.39. The van der Waals surface area contributed by atoms with Crippen molar-refractivity contribution in [3.05, 3.63) is 71.2 Å². The molecular weight excluding hydrogens is 815 g/mol. The van der Waals surface area contributed by atoms with Gasteiger partial charge >= 0.3 is 23.9 Å². The smallest absolute Gasteiger partial charge is 0.338 e. The third-order valence-electron chi connectivity index (χ3n) is 13.5. The van der Waals surface area contributed by atoms with Gasteiger partial charge in [0.05, 0.1) is 35.9 Å². The molecule has 4 fully saturated rings. The normalized spacial score (nSPS) is 35.6. The molecule has 2 heterocycles. The first kappa shape index (κ1) is 44.5. The minimum Gasteiger partial charge on any atom is -0.467 e. The van der Waals surface area contributed by atoms with Crippen LogP contribution in [0.15, 0.2) is 64.3 Å². The predicted octanol–water partition coefficient (Wildman–Crippen LogP) is 4.14. The zero-order valence-corrected chi connectivity index (χ0v) is 36.3. The number of aliphatic hydroxyl groups is 3. The molecule has 16 nitrogen and oxygen atoms in total. The average Bonchev–Trinajstić information content (AvgIpc) is 3.74.